The molecule has 0 unspecified atom stereocenters. The third-order valence-corrected chi connectivity index (χ3v) is 3.31. The Labute approximate surface area is 84.1 Å². The Morgan fingerprint density at radius 2 is 1.46 bits per heavy atom. The molecule has 80 valence electrons. The molecule has 0 aromatic carbocycles. The van der Waals surface area contributed by atoms with Gasteiger partial charge in [-0.1, -0.05) is 6.58 Å². The highest BCUT2D eigenvalue weighted by molar-refractivity contribution is 7.96. The Bertz CT molecular complexity index is 185. The zero-order chi connectivity index (χ0) is 10.9. The Kier molecular flexibility index (Phi) is 10.2. The van der Waals surface area contributed by atoms with Crippen LogP contribution in [0.25, 0.3) is 0 Å². The largest absolute Gasteiger partial charge is 0.528 e. The van der Waals surface area contributed by atoms with E-state index in [1.165, 1.54) is 0 Å². The van der Waals surface area contributed by atoms with E-state index in [2.05, 4.69) is 6.58 Å². The van der Waals surface area contributed by atoms with E-state index in [4.69, 9.17) is 21.7 Å². The van der Waals surface area contributed by atoms with Gasteiger partial charge in [-0.05, 0) is 5.70 Å². The van der Waals surface area contributed by atoms with Crippen molar-refractivity contribution in [1.82, 2.24) is 0 Å². The Balaban J connectivity index is 0. The van der Waals surface area contributed by atoms with Gasteiger partial charge in [-0.15, -0.1) is 0 Å². The van der Waals surface area contributed by atoms with E-state index in [0.717, 1.165) is 0 Å². The summed E-state index contributed by atoms with van der Waals surface area (Å²) in [5, 5.41) is 0. The molecule has 5 nitrogen and oxygen atoms in total. The summed E-state index contributed by atoms with van der Waals surface area (Å²) in [6.07, 6.45) is 0. The van der Waals surface area contributed by atoms with E-state index >= 15 is 0 Å². The topological polar surface area (TPSA) is 61.8 Å². The summed E-state index contributed by atoms with van der Waals surface area (Å²) in [6, 6.07) is 0. The highest BCUT2D eigenvalue weighted by Crippen LogP contribution is 2.04. The van der Waals surface area contributed by atoms with Crippen LogP contribution in [0.1, 0.15) is 0 Å². The lowest BCUT2D eigenvalue weighted by molar-refractivity contribution is 0.138. The Morgan fingerprint density at radius 3 is 1.46 bits per heavy atom. The van der Waals surface area contributed by atoms with Gasteiger partial charge in [-0.3, -0.25) is 0 Å². The van der Waals surface area contributed by atoms with Crippen molar-refractivity contribution in [3.63, 3.8) is 0 Å². The minimum Gasteiger partial charge on any atom is -0.374 e. The number of hydrogen-bond donors (Lipinski definition) is 1. The normalized spacial score (nSPS) is 10.8. The van der Waals surface area contributed by atoms with Crippen LogP contribution in [0.5, 0.6) is 0 Å². The summed E-state index contributed by atoms with van der Waals surface area (Å²) < 4.78 is 33.1. The molecule has 0 aromatic heterocycles. The van der Waals surface area contributed by atoms with Gasteiger partial charge in [0, 0.05) is 21.3 Å². The molecule has 0 aliphatic heterocycles. The standard InChI is InChI=1S/C5H12O3Si.H4O2SSi/c1-5-9(6-2,7-3)8-4;1-3(2)4/h5H,1H2,2-4H3;3H,4H3. The lowest BCUT2D eigenvalue weighted by atomic mass is 11.3. The van der Waals surface area contributed by atoms with Crippen LogP contribution in [0.4, 0.5) is 0 Å². The molecule has 0 heterocycles. The molecule has 0 atom stereocenters. The summed E-state index contributed by atoms with van der Waals surface area (Å²) in [4.78, 5) is 0. The van der Waals surface area contributed by atoms with E-state index in [0.29, 0.717) is 9.39 Å². The summed E-state index contributed by atoms with van der Waals surface area (Å²) >= 11 is 0. The zero-order valence-electron chi connectivity index (χ0n) is 8.27. The highest BCUT2D eigenvalue weighted by Gasteiger charge is 2.33. The second-order valence-electron chi connectivity index (χ2n) is 1.86. The van der Waals surface area contributed by atoms with Gasteiger partial charge in [0.25, 0.3) is 0 Å². The first-order valence-electron chi connectivity index (χ1n) is 3.35. The van der Waals surface area contributed by atoms with Crippen molar-refractivity contribution in [2.45, 2.75) is 0 Å². The van der Waals surface area contributed by atoms with Crippen LogP contribution in [0, 0.1) is 0 Å². The van der Waals surface area contributed by atoms with Crippen LogP contribution in [0.3, 0.4) is 0 Å². The second kappa shape index (κ2) is 8.60. The van der Waals surface area contributed by atoms with Crippen LogP contribution in [-0.4, -0.2) is 47.9 Å². The van der Waals surface area contributed by atoms with Crippen LogP contribution >= 0.6 is 0 Å². The molecule has 0 rings (SSSR count). The van der Waals surface area contributed by atoms with Gasteiger partial charge in [-0.25, -0.2) is 8.42 Å². The van der Waals surface area contributed by atoms with Crippen LogP contribution in [0.2, 0.25) is 0 Å². The van der Waals surface area contributed by atoms with Crippen molar-refractivity contribution >= 4 is 28.3 Å². The number of thiol groups is 1. The van der Waals surface area contributed by atoms with Gasteiger partial charge in [0.05, 0.1) is 0 Å². The van der Waals surface area contributed by atoms with E-state index in [1.54, 1.807) is 27.0 Å². The fraction of sp³-hybridized carbons (Fsp3) is 0.600. The fourth-order valence-corrected chi connectivity index (χ4v) is 1.50. The SMILES string of the molecule is C=C[Si](OC)(OC)OC.O=[SH](=O)[SiH3]. The molecule has 0 radical (unpaired) electrons. The lowest BCUT2D eigenvalue weighted by Crippen LogP contribution is -2.40. The van der Waals surface area contributed by atoms with E-state index < -0.39 is 19.0 Å². The molecule has 0 spiro atoms. The van der Waals surface area contributed by atoms with Crippen LogP contribution < -0.4 is 0 Å². The maximum Gasteiger partial charge on any atom is 0.528 e. The van der Waals surface area contributed by atoms with Crippen molar-refractivity contribution in [3.8, 4) is 0 Å². The van der Waals surface area contributed by atoms with Crippen molar-refractivity contribution in [1.29, 1.82) is 0 Å². The second-order valence-corrected chi connectivity index (χ2v) is 7.77. The molecular weight excluding hydrogens is 228 g/mol. The van der Waals surface area contributed by atoms with Crippen molar-refractivity contribution in [2.24, 2.45) is 0 Å². The average molecular weight is 244 g/mol. The fourth-order valence-electron chi connectivity index (χ4n) is 0.500. The monoisotopic (exact) mass is 244 g/mol. The van der Waals surface area contributed by atoms with Crippen molar-refractivity contribution in [3.05, 3.63) is 12.3 Å². The summed E-state index contributed by atoms with van der Waals surface area (Å²) in [7, 11) is 0.521. The zero-order valence-corrected chi connectivity index (χ0v) is 12.2. The molecule has 0 aliphatic rings. The highest BCUT2D eigenvalue weighted by atomic mass is 32.4. The molecule has 0 aliphatic carbocycles. The number of hydrogen-bond acceptors (Lipinski definition) is 5. The summed E-state index contributed by atoms with van der Waals surface area (Å²) in [5.74, 6) is 0. The van der Waals surface area contributed by atoms with E-state index in [-0.39, 0.29) is 0 Å². The summed E-state index contributed by atoms with van der Waals surface area (Å²) in [6.45, 7) is 3.53. The molecule has 0 saturated carbocycles. The molecule has 13 heavy (non-hydrogen) atoms. The first-order valence-corrected chi connectivity index (χ1v) is 9.46. The maximum absolute atomic E-state index is 9.10. The van der Waals surface area contributed by atoms with Crippen LogP contribution in [-0.2, 0) is 23.4 Å². The Hall–Kier alpha value is 0.00377. The first kappa shape index (κ1) is 15.5. The van der Waals surface area contributed by atoms with Gasteiger partial charge in [0.2, 0.25) is 0 Å². The quantitative estimate of drug-likeness (QED) is 0.480. The van der Waals surface area contributed by atoms with Gasteiger partial charge < -0.3 is 13.3 Å². The van der Waals surface area contributed by atoms with Gasteiger partial charge in [0.15, 0.2) is 0 Å². The van der Waals surface area contributed by atoms with Gasteiger partial charge in [0.1, 0.15) is 19.5 Å². The first-order chi connectivity index (χ1) is 5.97. The predicted molar refractivity (Wildman–Crippen MR) is 57.2 cm³/mol. The minimum absolute atomic E-state index is 0.302. The summed E-state index contributed by atoms with van der Waals surface area (Å²) in [5.41, 5.74) is 1.58. The molecule has 0 N–H and O–H groups in total. The van der Waals surface area contributed by atoms with Crippen LogP contribution in [0.15, 0.2) is 12.3 Å². The molecule has 8 heteroatoms. The third kappa shape index (κ3) is 8.34. The van der Waals surface area contributed by atoms with E-state index in [1.807, 2.05) is 0 Å². The van der Waals surface area contributed by atoms with Crippen molar-refractivity contribution < 1.29 is 21.7 Å². The third-order valence-electron chi connectivity index (χ3n) is 1.10. The smallest absolute Gasteiger partial charge is 0.374 e. The molecule has 0 amide bonds. The predicted octanol–water partition coefficient (Wildman–Crippen LogP) is -1.53. The number of rotatable bonds is 4. The molecular formula is C5H16O5SSi2. The molecule has 0 fully saturated rings. The maximum atomic E-state index is 9.10. The Morgan fingerprint density at radius 1 is 1.23 bits per heavy atom. The minimum atomic E-state index is -2.43. The van der Waals surface area contributed by atoms with Gasteiger partial charge in [-0.2, -0.15) is 0 Å². The van der Waals surface area contributed by atoms with Gasteiger partial charge >= 0.3 is 8.80 Å². The lowest BCUT2D eigenvalue weighted by Gasteiger charge is -2.19. The molecule has 0 saturated heterocycles. The average Bonchev–Trinajstić information content (AvgIpc) is 2.09. The molecule has 0 bridgehead atoms. The molecule has 0 aromatic rings. The van der Waals surface area contributed by atoms with E-state index in [9.17, 15) is 0 Å². The van der Waals surface area contributed by atoms with Crippen molar-refractivity contribution in [2.75, 3.05) is 21.3 Å².